The van der Waals surface area contributed by atoms with Crippen molar-refractivity contribution in [3.63, 3.8) is 0 Å². The van der Waals surface area contributed by atoms with Crippen molar-refractivity contribution in [3.8, 4) is 0 Å². The van der Waals surface area contributed by atoms with E-state index < -0.39 is 0 Å². The molecule has 0 radical (unpaired) electrons. The van der Waals surface area contributed by atoms with Gasteiger partial charge in [-0.3, -0.25) is 4.79 Å². The van der Waals surface area contributed by atoms with Gasteiger partial charge in [-0.1, -0.05) is 13.8 Å². The van der Waals surface area contributed by atoms with E-state index in [4.69, 9.17) is 0 Å². The molecule has 1 fully saturated rings. The van der Waals surface area contributed by atoms with Gasteiger partial charge in [-0.15, -0.1) is 11.8 Å². The quantitative estimate of drug-likeness (QED) is 0.821. The Balaban J connectivity index is 1.89. The topological polar surface area (TPSA) is 57.8 Å². The Morgan fingerprint density at radius 1 is 1.28 bits per heavy atom. The third kappa shape index (κ3) is 2.21. The molecule has 1 aromatic heterocycles. The van der Waals surface area contributed by atoms with Crippen LogP contribution in [0.5, 0.6) is 0 Å². The fourth-order valence-electron chi connectivity index (χ4n) is 2.28. The summed E-state index contributed by atoms with van der Waals surface area (Å²) in [7, 11) is 0. The highest BCUT2D eigenvalue weighted by atomic mass is 32.2. The van der Waals surface area contributed by atoms with Crippen LogP contribution < -0.4 is 10.9 Å². The number of H-pyrrole nitrogens is 1. The summed E-state index contributed by atoms with van der Waals surface area (Å²) in [6, 6.07) is 0. The van der Waals surface area contributed by atoms with E-state index in [0.29, 0.717) is 22.3 Å². The number of fused-ring (bicyclic) bond motifs is 1. The molecule has 0 aromatic carbocycles. The van der Waals surface area contributed by atoms with Crippen LogP contribution in [0.3, 0.4) is 0 Å². The summed E-state index contributed by atoms with van der Waals surface area (Å²) in [4.78, 5) is 19.6. The van der Waals surface area contributed by atoms with Crippen molar-refractivity contribution in [1.82, 2.24) is 15.3 Å². The lowest BCUT2D eigenvalue weighted by Gasteiger charge is -2.30. The molecule has 3 unspecified atom stereocenters. The van der Waals surface area contributed by atoms with E-state index >= 15 is 0 Å². The second kappa shape index (κ2) is 4.90. The molecule has 2 aliphatic heterocycles. The van der Waals surface area contributed by atoms with Crippen molar-refractivity contribution in [2.75, 3.05) is 5.75 Å². The van der Waals surface area contributed by atoms with Gasteiger partial charge >= 0.3 is 0 Å². The van der Waals surface area contributed by atoms with Gasteiger partial charge in [-0.2, -0.15) is 11.8 Å². The second-order valence-corrected chi connectivity index (χ2v) is 7.84. The molecular formula is C12H17N3OS2. The van der Waals surface area contributed by atoms with Crippen LogP contribution in [0.4, 0.5) is 0 Å². The van der Waals surface area contributed by atoms with Crippen LogP contribution >= 0.6 is 23.5 Å². The van der Waals surface area contributed by atoms with Crippen molar-refractivity contribution in [3.05, 3.63) is 27.4 Å². The average molecular weight is 283 g/mol. The summed E-state index contributed by atoms with van der Waals surface area (Å²) in [5, 5.41) is 4.78. The third-order valence-electron chi connectivity index (χ3n) is 3.57. The molecule has 4 nitrogen and oxygen atoms in total. The first-order valence-electron chi connectivity index (χ1n) is 6.25. The first-order chi connectivity index (χ1) is 8.65. The SMILES string of the molecule is CC1SCC(c2nc3c(c(=O)[nH]2)CNC3)SC1C. The van der Waals surface area contributed by atoms with E-state index in [1.807, 2.05) is 23.5 Å². The molecule has 0 spiro atoms. The monoisotopic (exact) mass is 283 g/mol. The Hall–Kier alpha value is -0.460. The second-order valence-electron chi connectivity index (χ2n) is 4.85. The molecule has 3 heterocycles. The Morgan fingerprint density at radius 2 is 2.11 bits per heavy atom. The van der Waals surface area contributed by atoms with Gasteiger partial charge in [0.1, 0.15) is 5.82 Å². The van der Waals surface area contributed by atoms with Gasteiger partial charge in [0.25, 0.3) is 5.56 Å². The zero-order valence-electron chi connectivity index (χ0n) is 10.5. The Bertz CT molecular complexity index is 517. The molecule has 3 rings (SSSR count). The Labute approximate surface area is 115 Å². The van der Waals surface area contributed by atoms with Crippen LogP contribution in [0.15, 0.2) is 4.79 Å². The van der Waals surface area contributed by atoms with Crippen molar-refractivity contribution >= 4 is 23.5 Å². The summed E-state index contributed by atoms with van der Waals surface area (Å²) < 4.78 is 0. The summed E-state index contributed by atoms with van der Waals surface area (Å²) in [5.41, 5.74) is 1.79. The number of thioether (sulfide) groups is 2. The molecule has 3 atom stereocenters. The molecule has 1 aromatic rings. The minimum Gasteiger partial charge on any atom is -0.309 e. The van der Waals surface area contributed by atoms with Gasteiger partial charge in [0.05, 0.1) is 16.5 Å². The van der Waals surface area contributed by atoms with Crippen LogP contribution in [0.2, 0.25) is 0 Å². The number of aromatic amines is 1. The lowest BCUT2D eigenvalue weighted by Crippen LogP contribution is -2.25. The summed E-state index contributed by atoms with van der Waals surface area (Å²) >= 11 is 3.90. The minimum atomic E-state index is 0.0388. The van der Waals surface area contributed by atoms with E-state index in [0.717, 1.165) is 29.4 Å². The first-order valence-corrected chi connectivity index (χ1v) is 8.24. The van der Waals surface area contributed by atoms with E-state index in [2.05, 4.69) is 29.1 Å². The average Bonchev–Trinajstić information content (AvgIpc) is 2.81. The molecule has 0 saturated carbocycles. The molecule has 1 saturated heterocycles. The third-order valence-corrected chi connectivity index (χ3v) is 6.97. The lowest BCUT2D eigenvalue weighted by molar-refractivity contribution is 0.754. The molecular weight excluding hydrogens is 266 g/mol. The van der Waals surface area contributed by atoms with Crippen molar-refractivity contribution < 1.29 is 0 Å². The van der Waals surface area contributed by atoms with E-state index in [9.17, 15) is 4.79 Å². The van der Waals surface area contributed by atoms with Crippen molar-refractivity contribution in [1.29, 1.82) is 0 Å². The zero-order chi connectivity index (χ0) is 12.7. The fourth-order valence-corrected chi connectivity index (χ4v) is 5.14. The number of rotatable bonds is 1. The number of aromatic nitrogens is 2. The molecule has 98 valence electrons. The molecule has 6 heteroatoms. The highest BCUT2D eigenvalue weighted by Crippen LogP contribution is 2.43. The zero-order valence-corrected chi connectivity index (χ0v) is 12.2. The van der Waals surface area contributed by atoms with Crippen LogP contribution in [0, 0.1) is 0 Å². The number of nitrogens with zero attached hydrogens (tertiary/aromatic N) is 1. The molecule has 2 N–H and O–H groups in total. The van der Waals surface area contributed by atoms with Gasteiger partial charge in [-0.05, 0) is 0 Å². The molecule has 18 heavy (non-hydrogen) atoms. The number of hydrogen-bond donors (Lipinski definition) is 2. The largest absolute Gasteiger partial charge is 0.309 e. The normalized spacial score (nSPS) is 31.3. The van der Waals surface area contributed by atoms with E-state index in [1.54, 1.807) is 0 Å². The highest BCUT2D eigenvalue weighted by molar-refractivity contribution is 8.07. The highest BCUT2D eigenvalue weighted by Gasteiger charge is 2.29. The smallest absolute Gasteiger partial charge is 0.255 e. The molecule has 2 aliphatic rings. The maximum atomic E-state index is 12.0. The van der Waals surface area contributed by atoms with Gasteiger partial charge in [0.2, 0.25) is 0 Å². The molecule has 0 amide bonds. The summed E-state index contributed by atoms with van der Waals surface area (Å²) in [5.74, 6) is 1.89. The lowest BCUT2D eigenvalue weighted by atomic mass is 10.2. The van der Waals surface area contributed by atoms with E-state index in [-0.39, 0.29) is 5.56 Å². The molecule has 0 bridgehead atoms. The van der Waals surface area contributed by atoms with Gasteiger partial charge < -0.3 is 10.3 Å². The maximum absolute atomic E-state index is 12.0. The fraction of sp³-hybridized carbons (Fsp3) is 0.667. The van der Waals surface area contributed by atoms with Gasteiger partial charge in [0.15, 0.2) is 0 Å². The van der Waals surface area contributed by atoms with Crippen molar-refractivity contribution in [2.24, 2.45) is 0 Å². The van der Waals surface area contributed by atoms with Crippen molar-refractivity contribution in [2.45, 2.75) is 42.7 Å². The summed E-state index contributed by atoms with van der Waals surface area (Å²) in [6.45, 7) is 5.89. The van der Waals surface area contributed by atoms with Crippen LogP contribution in [-0.4, -0.2) is 26.2 Å². The van der Waals surface area contributed by atoms with Crippen LogP contribution in [-0.2, 0) is 13.1 Å². The Morgan fingerprint density at radius 3 is 2.89 bits per heavy atom. The van der Waals surface area contributed by atoms with Crippen LogP contribution in [0.1, 0.15) is 36.2 Å². The van der Waals surface area contributed by atoms with Gasteiger partial charge in [-0.25, -0.2) is 4.98 Å². The summed E-state index contributed by atoms with van der Waals surface area (Å²) in [6.07, 6.45) is 0. The minimum absolute atomic E-state index is 0.0388. The standard InChI is InChI=1S/C12H17N3OS2/c1-6-7(2)18-10(5-17-6)11-14-9-4-13-3-8(9)12(16)15-11/h6-7,10,13H,3-5H2,1-2H3,(H,14,15,16). The maximum Gasteiger partial charge on any atom is 0.255 e. The predicted molar refractivity (Wildman–Crippen MR) is 77.1 cm³/mol. The number of hydrogen-bond acceptors (Lipinski definition) is 5. The Kier molecular flexibility index (Phi) is 3.42. The molecule has 0 aliphatic carbocycles. The van der Waals surface area contributed by atoms with E-state index in [1.165, 1.54) is 0 Å². The number of nitrogens with one attached hydrogen (secondary N) is 2. The van der Waals surface area contributed by atoms with Crippen LogP contribution in [0.25, 0.3) is 0 Å². The first kappa shape index (κ1) is 12.6. The van der Waals surface area contributed by atoms with Gasteiger partial charge in [0, 0.05) is 29.3 Å². The predicted octanol–water partition coefficient (Wildman–Crippen LogP) is 1.67.